The largest absolute Gasteiger partial charge is 0.342 e. The number of amides is 2. The standard InChI is InChI=1S/C19H27N3O4S/c1-15(23)22-12-6-7-16-13-17(8-9-18(16)22)27(25,26)20-14-19(24)21-10-4-2-3-5-11-21/h8-9,13,20H,2-7,10-12,14H2,1H3. The van der Waals surface area contributed by atoms with Crippen molar-refractivity contribution in [3.8, 4) is 0 Å². The summed E-state index contributed by atoms with van der Waals surface area (Å²) in [6.45, 7) is 3.33. The Bertz CT molecular complexity index is 814. The highest BCUT2D eigenvalue weighted by atomic mass is 32.2. The van der Waals surface area contributed by atoms with Crippen LogP contribution in [0.5, 0.6) is 0 Å². The molecular formula is C19H27N3O4S. The lowest BCUT2D eigenvalue weighted by Gasteiger charge is -2.28. The Morgan fingerprint density at radius 2 is 1.74 bits per heavy atom. The molecule has 27 heavy (non-hydrogen) atoms. The number of nitrogens with one attached hydrogen (secondary N) is 1. The molecule has 0 spiro atoms. The second-order valence-corrected chi connectivity index (χ2v) is 8.95. The molecule has 7 nitrogen and oxygen atoms in total. The Balaban J connectivity index is 1.69. The molecule has 0 atom stereocenters. The van der Waals surface area contributed by atoms with E-state index in [0.29, 0.717) is 19.6 Å². The molecule has 2 aliphatic heterocycles. The SMILES string of the molecule is CC(=O)N1CCCc2cc(S(=O)(=O)NCC(=O)N3CCCCCC3)ccc21. The molecule has 2 heterocycles. The van der Waals surface area contributed by atoms with E-state index in [1.54, 1.807) is 21.9 Å². The highest BCUT2D eigenvalue weighted by Gasteiger charge is 2.24. The predicted octanol–water partition coefficient (Wildman–Crippen LogP) is 1.67. The summed E-state index contributed by atoms with van der Waals surface area (Å²) in [7, 11) is -3.78. The van der Waals surface area contributed by atoms with Gasteiger partial charge in [0.15, 0.2) is 0 Å². The van der Waals surface area contributed by atoms with E-state index in [1.165, 1.54) is 13.0 Å². The summed E-state index contributed by atoms with van der Waals surface area (Å²) in [5.74, 6) is -0.228. The molecule has 148 valence electrons. The van der Waals surface area contributed by atoms with Crippen molar-refractivity contribution in [2.45, 2.75) is 50.3 Å². The molecule has 0 aliphatic carbocycles. The van der Waals surface area contributed by atoms with Crippen molar-refractivity contribution in [2.75, 3.05) is 31.1 Å². The maximum absolute atomic E-state index is 12.6. The summed E-state index contributed by atoms with van der Waals surface area (Å²) in [6.07, 6.45) is 5.70. The Kier molecular flexibility index (Phi) is 6.16. The molecule has 0 radical (unpaired) electrons. The summed E-state index contributed by atoms with van der Waals surface area (Å²) < 4.78 is 27.7. The van der Waals surface area contributed by atoms with Gasteiger partial charge in [-0.15, -0.1) is 0 Å². The summed E-state index contributed by atoms with van der Waals surface area (Å²) in [6, 6.07) is 4.79. The molecule has 0 bridgehead atoms. The van der Waals surface area contributed by atoms with Crippen LogP contribution in [0, 0.1) is 0 Å². The van der Waals surface area contributed by atoms with Crippen LogP contribution in [0.15, 0.2) is 23.1 Å². The number of rotatable bonds is 4. The molecule has 2 aliphatic rings. The molecule has 8 heteroatoms. The van der Waals surface area contributed by atoms with Crippen LogP contribution in [-0.4, -0.2) is 51.3 Å². The van der Waals surface area contributed by atoms with Gasteiger partial charge in [-0.1, -0.05) is 12.8 Å². The minimum atomic E-state index is -3.78. The van der Waals surface area contributed by atoms with E-state index in [4.69, 9.17) is 0 Å². The number of hydrogen-bond acceptors (Lipinski definition) is 4. The molecule has 1 fully saturated rings. The first-order chi connectivity index (χ1) is 12.9. The Labute approximate surface area is 160 Å². The van der Waals surface area contributed by atoms with Crippen LogP contribution < -0.4 is 9.62 Å². The van der Waals surface area contributed by atoms with E-state index in [-0.39, 0.29) is 23.3 Å². The topological polar surface area (TPSA) is 86.8 Å². The number of anilines is 1. The normalized spacial score (nSPS) is 18.0. The number of hydrogen-bond donors (Lipinski definition) is 1. The van der Waals surface area contributed by atoms with Gasteiger partial charge in [0.05, 0.1) is 11.4 Å². The second kappa shape index (κ2) is 8.39. The van der Waals surface area contributed by atoms with E-state index >= 15 is 0 Å². The summed E-state index contributed by atoms with van der Waals surface area (Å²) in [5, 5.41) is 0. The zero-order valence-electron chi connectivity index (χ0n) is 15.7. The first-order valence-electron chi connectivity index (χ1n) is 9.57. The average Bonchev–Trinajstić information content (AvgIpc) is 2.94. The number of likely N-dealkylation sites (tertiary alicyclic amines) is 1. The van der Waals surface area contributed by atoms with Crippen LogP contribution in [0.25, 0.3) is 0 Å². The van der Waals surface area contributed by atoms with Crippen LogP contribution in [0.1, 0.15) is 44.6 Å². The van der Waals surface area contributed by atoms with E-state index in [2.05, 4.69) is 4.72 Å². The van der Waals surface area contributed by atoms with E-state index in [0.717, 1.165) is 49.8 Å². The average molecular weight is 394 g/mol. The Morgan fingerprint density at radius 3 is 2.41 bits per heavy atom. The van der Waals surface area contributed by atoms with Gasteiger partial charge < -0.3 is 9.80 Å². The quantitative estimate of drug-likeness (QED) is 0.843. The number of benzene rings is 1. The van der Waals surface area contributed by atoms with Crippen LogP contribution >= 0.6 is 0 Å². The molecule has 0 aromatic heterocycles. The van der Waals surface area contributed by atoms with Crippen molar-refractivity contribution in [1.29, 1.82) is 0 Å². The smallest absolute Gasteiger partial charge is 0.241 e. The Hall–Kier alpha value is -1.93. The molecule has 0 unspecified atom stereocenters. The molecule has 1 N–H and O–H groups in total. The van der Waals surface area contributed by atoms with Gasteiger partial charge in [0, 0.05) is 32.2 Å². The van der Waals surface area contributed by atoms with Gasteiger partial charge in [-0.05, 0) is 49.4 Å². The van der Waals surface area contributed by atoms with Crippen LogP contribution in [0.4, 0.5) is 5.69 Å². The minimum absolute atomic E-state index is 0.0484. The van der Waals surface area contributed by atoms with Crippen molar-refractivity contribution in [2.24, 2.45) is 0 Å². The predicted molar refractivity (Wildman–Crippen MR) is 103 cm³/mol. The van der Waals surface area contributed by atoms with E-state index in [1.807, 2.05) is 0 Å². The molecular weight excluding hydrogens is 366 g/mol. The van der Waals surface area contributed by atoms with Crippen molar-refractivity contribution < 1.29 is 18.0 Å². The summed E-state index contributed by atoms with van der Waals surface area (Å²) in [4.78, 5) is 27.6. The molecule has 1 saturated heterocycles. The van der Waals surface area contributed by atoms with Crippen LogP contribution in [-0.2, 0) is 26.0 Å². The molecule has 0 saturated carbocycles. The number of fused-ring (bicyclic) bond motifs is 1. The van der Waals surface area contributed by atoms with Gasteiger partial charge in [0.2, 0.25) is 21.8 Å². The zero-order chi connectivity index (χ0) is 19.4. The van der Waals surface area contributed by atoms with Gasteiger partial charge in [-0.3, -0.25) is 9.59 Å². The molecule has 1 aromatic rings. The van der Waals surface area contributed by atoms with Crippen molar-refractivity contribution in [3.63, 3.8) is 0 Å². The fraction of sp³-hybridized carbons (Fsp3) is 0.579. The third-order valence-corrected chi connectivity index (χ3v) is 6.63. The van der Waals surface area contributed by atoms with E-state index < -0.39 is 10.0 Å². The van der Waals surface area contributed by atoms with E-state index in [9.17, 15) is 18.0 Å². The first-order valence-corrected chi connectivity index (χ1v) is 11.1. The zero-order valence-corrected chi connectivity index (χ0v) is 16.6. The fourth-order valence-electron chi connectivity index (χ4n) is 3.74. The molecule has 3 rings (SSSR count). The monoisotopic (exact) mass is 393 g/mol. The summed E-state index contributed by atoms with van der Waals surface area (Å²) >= 11 is 0. The number of sulfonamides is 1. The van der Waals surface area contributed by atoms with Crippen molar-refractivity contribution in [1.82, 2.24) is 9.62 Å². The molecule has 2 amide bonds. The second-order valence-electron chi connectivity index (χ2n) is 7.18. The maximum Gasteiger partial charge on any atom is 0.241 e. The van der Waals surface area contributed by atoms with Gasteiger partial charge in [-0.25, -0.2) is 13.1 Å². The number of carbonyl (C=O) groups excluding carboxylic acids is 2. The fourth-order valence-corrected chi connectivity index (χ4v) is 4.76. The first kappa shape index (κ1) is 19.8. The highest BCUT2D eigenvalue weighted by Crippen LogP contribution is 2.29. The minimum Gasteiger partial charge on any atom is -0.342 e. The maximum atomic E-state index is 12.6. The lowest BCUT2D eigenvalue weighted by Crippen LogP contribution is -2.40. The van der Waals surface area contributed by atoms with Crippen molar-refractivity contribution >= 4 is 27.5 Å². The van der Waals surface area contributed by atoms with Gasteiger partial charge in [-0.2, -0.15) is 0 Å². The summed E-state index contributed by atoms with van der Waals surface area (Å²) in [5.41, 5.74) is 1.62. The van der Waals surface area contributed by atoms with Crippen LogP contribution in [0.3, 0.4) is 0 Å². The molecule has 1 aromatic carbocycles. The van der Waals surface area contributed by atoms with Gasteiger partial charge in [0.1, 0.15) is 0 Å². The number of aryl methyl sites for hydroxylation is 1. The lowest BCUT2D eigenvalue weighted by molar-refractivity contribution is -0.129. The number of carbonyl (C=O) groups is 2. The van der Waals surface area contributed by atoms with Gasteiger partial charge >= 0.3 is 0 Å². The Morgan fingerprint density at radius 1 is 1.04 bits per heavy atom. The van der Waals surface area contributed by atoms with Crippen LogP contribution in [0.2, 0.25) is 0 Å². The van der Waals surface area contributed by atoms with Gasteiger partial charge in [0.25, 0.3) is 0 Å². The highest BCUT2D eigenvalue weighted by molar-refractivity contribution is 7.89. The van der Waals surface area contributed by atoms with Crippen molar-refractivity contribution in [3.05, 3.63) is 23.8 Å². The number of nitrogens with zero attached hydrogens (tertiary/aromatic N) is 2. The lowest BCUT2D eigenvalue weighted by atomic mass is 10.0. The third kappa shape index (κ3) is 4.68. The third-order valence-electron chi connectivity index (χ3n) is 5.23.